The van der Waals surface area contributed by atoms with Crippen molar-refractivity contribution < 1.29 is 14.0 Å². The Labute approximate surface area is 151 Å². The zero-order chi connectivity index (χ0) is 18.1. The minimum Gasteiger partial charge on any atom is -0.420 e. The van der Waals surface area contributed by atoms with E-state index in [1.807, 2.05) is 6.92 Å². The molecule has 3 nitrogen and oxygen atoms in total. The van der Waals surface area contributed by atoms with E-state index in [2.05, 4.69) is 20.8 Å². The first-order valence-corrected chi connectivity index (χ1v) is 10.7. The van der Waals surface area contributed by atoms with Crippen molar-refractivity contribution in [3.63, 3.8) is 0 Å². The van der Waals surface area contributed by atoms with Crippen molar-refractivity contribution in [3.05, 3.63) is 0 Å². The van der Waals surface area contributed by atoms with Gasteiger partial charge in [-0.2, -0.15) is 4.79 Å². The van der Waals surface area contributed by atoms with E-state index >= 15 is 0 Å². The topological polar surface area (TPSA) is 26.3 Å². The van der Waals surface area contributed by atoms with Gasteiger partial charge in [0, 0.05) is 0 Å². The van der Waals surface area contributed by atoms with Crippen LogP contribution in [0.3, 0.4) is 0 Å². The Kier molecular flexibility index (Phi) is 15.6. The van der Waals surface area contributed by atoms with Crippen LogP contribution in [-0.4, -0.2) is 36.8 Å². The number of carbonyl (C=O) groups is 1. The Balaban J connectivity index is 4.82. The molecule has 0 radical (unpaired) electrons. The van der Waals surface area contributed by atoms with Gasteiger partial charge in [-0.05, 0) is 45.4 Å². The lowest BCUT2D eigenvalue weighted by Crippen LogP contribution is -2.55. The first-order valence-electron chi connectivity index (χ1n) is 10.7. The highest BCUT2D eigenvalue weighted by Gasteiger charge is 2.37. The lowest BCUT2D eigenvalue weighted by atomic mass is 10.1. The molecule has 0 saturated carbocycles. The van der Waals surface area contributed by atoms with E-state index in [0.29, 0.717) is 11.1 Å². The molecule has 144 valence electrons. The van der Waals surface area contributed by atoms with Gasteiger partial charge >= 0.3 is 6.09 Å². The zero-order valence-corrected chi connectivity index (χ0v) is 17.1. The van der Waals surface area contributed by atoms with E-state index in [9.17, 15) is 4.79 Å². The van der Waals surface area contributed by atoms with Crippen molar-refractivity contribution in [1.29, 1.82) is 0 Å². The maximum absolute atomic E-state index is 12.8. The van der Waals surface area contributed by atoms with E-state index in [1.54, 1.807) is 0 Å². The van der Waals surface area contributed by atoms with E-state index in [0.717, 1.165) is 38.9 Å². The van der Waals surface area contributed by atoms with Crippen LogP contribution in [0.1, 0.15) is 105 Å². The van der Waals surface area contributed by atoms with Crippen molar-refractivity contribution >= 4 is 6.09 Å². The summed E-state index contributed by atoms with van der Waals surface area (Å²) in [6, 6.07) is 0. The summed E-state index contributed by atoms with van der Waals surface area (Å²) in [5.41, 5.74) is 0. The molecule has 0 aliphatic rings. The Morgan fingerprint density at radius 1 is 0.625 bits per heavy atom. The number of amides is 1. The fourth-order valence-corrected chi connectivity index (χ4v) is 3.39. The summed E-state index contributed by atoms with van der Waals surface area (Å²) in [7, 11) is 0. The van der Waals surface area contributed by atoms with Crippen molar-refractivity contribution in [1.82, 2.24) is 0 Å². The SMILES string of the molecule is CCCCCC[N+](CCCCCC)(CCCCCC)C(=O)OCC. The smallest absolute Gasteiger partial charge is 0.420 e. The van der Waals surface area contributed by atoms with Gasteiger partial charge in [0.05, 0.1) is 26.2 Å². The third-order valence-corrected chi connectivity index (χ3v) is 4.97. The van der Waals surface area contributed by atoms with Gasteiger partial charge in [-0.3, -0.25) is 0 Å². The molecule has 0 aromatic heterocycles. The lowest BCUT2D eigenvalue weighted by molar-refractivity contribution is -0.858. The molecule has 0 unspecified atom stereocenters. The highest BCUT2D eigenvalue weighted by atomic mass is 16.6. The summed E-state index contributed by atoms with van der Waals surface area (Å²) in [5, 5.41) is 0. The zero-order valence-electron chi connectivity index (χ0n) is 17.1. The number of hydrogen-bond donors (Lipinski definition) is 0. The maximum atomic E-state index is 12.8. The van der Waals surface area contributed by atoms with Gasteiger partial charge in [0.2, 0.25) is 0 Å². The third kappa shape index (κ3) is 10.3. The van der Waals surface area contributed by atoms with Crippen molar-refractivity contribution in [2.24, 2.45) is 0 Å². The molecule has 0 aromatic rings. The minimum atomic E-state index is 0.0296. The molecule has 3 heteroatoms. The van der Waals surface area contributed by atoms with E-state index in [4.69, 9.17) is 4.74 Å². The molecule has 0 atom stereocenters. The van der Waals surface area contributed by atoms with Crippen molar-refractivity contribution in [2.45, 2.75) is 105 Å². The van der Waals surface area contributed by atoms with Crippen molar-refractivity contribution in [2.75, 3.05) is 26.2 Å². The summed E-state index contributed by atoms with van der Waals surface area (Å²) in [5.74, 6) is 0. The number of carbonyl (C=O) groups excluding carboxylic acids is 1. The predicted molar refractivity (Wildman–Crippen MR) is 104 cm³/mol. The van der Waals surface area contributed by atoms with Crippen LogP contribution < -0.4 is 0 Å². The van der Waals surface area contributed by atoms with Crippen molar-refractivity contribution in [3.8, 4) is 0 Å². The molecular weight excluding hydrogens is 298 g/mol. The van der Waals surface area contributed by atoms with E-state index in [1.165, 1.54) is 57.8 Å². The monoisotopic (exact) mass is 342 g/mol. The molecular formula is C21H44NO2+. The average molecular weight is 343 g/mol. The van der Waals surface area contributed by atoms with Crippen LogP contribution in [-0.2, 0) is 4.74 Å². The Hall–Kier alpha value is -0.570. The van der Waals surface area contributed by atoms with Gasteiger partial charge in [0.25, 0.3) is 0 Å². The molecule has 0 bridgehead atoms. The standard InChI is InChI=1S/C21H44NO2/c1-5-9-12-15-18-22(21(23)24-8-4,19-16-13-10-6-2)20-17-14-11-7-3/h5-20H2,1-4H3/q+1. The summed E-state index contributed by atoms with van der Waals surface area (Å²) < 4.78 is 6.09. The molecule has 1 amide bonds. The summed E-state index contributed by atoms with van der Waals surface area (Å²) in [4.78, 5) is 12.8. The van der Waals surface area contributed by atoms with Gasteiger partial charge in [0.1, 0.15) is 0 Å². The second-order valence-electron chi connectivity index (χ2n) is 7.20. The summed E-state index contributed by atoms with van der Waals surface area (Å²) >= 11 is 0. The quantitative estimate of drug-likeness (QED) is 0.230. The first kappa shape index (κ1) is 23.4. The molecule has 24 heavy (non-hydrogen) atoms. The molecule has 0 saturated heterocycles. The van der Waals surface area contributed by atoms with E-state index < -0.39 is 0 Å². The number of ether oxygens (including phenoxy) is 1. The van der Waals surface area contributed by atoms with Gasteiger partial charge in [0.15, 0.2) is 0 Å². The van der Waals surface area contributed by atoms with Crippen LogP contribution >= 0.6 is 0 Å². The summed E-state index contributed by atoms with van der Waals surface area (Å²) in [6.07, 6.45) is 14.7. The van der Waals surface area contributed by atoms with Crippen LogP contribution in [0.2, 0.25) is 0 Å². The fourth-order valence-electron chi connectivity index (χ4n) is 3.39. The highest BCUT2D eigenvalue weighted by Crippen LogP contribution is 2.19. The molecule has 0 spiro atoms. The Bertz CT molecular complexity index is 260. The summed E-state index contributed by atoms with van der Waals surface area (Å²) in [6.45, 7) is 12.1. The number of nitrogens with zero attached hydrogens (tertiary/aromatic N) is 1. The lowest BCUT2D eigenvalue weighted by Gasteiger charge is -2.34. The molecule has 0 fully saturated rings. The molecule has 0 aliphatic carbocycles. The Morgan fingerprint density at radius 3 is 1.29 bits per heavy atom. The van der Waals surface area contributed by atoms with Crippen LogP contribution in [0.25, 0.3) is 0 Å². The second-order valence-corrected chi connectivity index (χ2v) is 7.20. The van der Waals surface area contributed by atoms with Gasteiger partial charge in [-0.25, -0.2) is 4.48 Å². The Morgan fingerprint density at radius 2 is 1.00 bits per heavy atom. The minimum absolute atomic E-state index is 0.0296. The van der Waals surface area contributed by atoms with Gasteiger partial charge < -0.3 is 4.74 Å². The number of hydrogen-bond acceptors (Lipinski definition) is 2. The van der Waals surface area contributed by atoms with Crippen LogP contribution in [0.5, 0.6) is 0 Å². The number of unbranched alkanes of at least 4 members (excludes halogenated alkanes) is 9. The highest BCUT2D eigenvalue weighted by molar-refractivity contribution is 5.59. The second kappa shape index (κ2) is 15.9. The molecule has 0 aromatic carbocycles. The van der Waals surface area contributed by atoms with Gasteiger partial charge in [-0.15, -0.1) is 0 Å². The third-order valence-electron chi connectivity index (χ3n) is 4.97. The largest absolute Gasteiger partial charge is 0.516 e. The fraction of sp³-hybridized carbons (Fsp3) is 0.952. The predicted octanol–water partition coefficient (Wildman–Crippen LogP) is 6.70. The number of rotatable bonds is 16. The molecule has 0 heterocycles. The van der Waals surface area contributed by atoms with Gasteiger partial charge in [-0.1, -0.05) is 59.3 Å². The maximum Gasteiger partial charge on any atom is 0.516 e. The molecule has 0 aliphatic heterocycles. The average Bonchev–Trinajstić information content (AvgIpc) is 2.59. The van der Waals surface area contributed by atoms with Crippen LogP contribution in [0.4, 0.5) is 4.79 Å². The normalized spacial score (nSPS) is 11.7. The first-order chi connectivity index (χ1) is 11.7. The van der Waals surface area contributed by atoms with Crippen LogP contribution in [0.15, 0.2) is 0 Å². The molecule has 0 rings (SSSR count). The molecule has 0 N–H and O–H groups in total. The number of quaternary nitrogens is 1. The van der Waals surface area contributed by atoms with E-state index in [-0.39, 0.29) is 6.09 Å². The van der Waals surface area contributed by atoms with Crippen LogP contribution in [0, 0.1) is 0 Å².